The number of nitrogens with zero attached hydrogens (tertiary/aromatic N) is 14. The van der Waals surface area contributed by atoms with Crippen molar-refractivity contribution in [2.45, 2.75) is 96.3 Å². The van der Waals surface area contributed by atoms with E-state index in [2.05, 4.69) is 103 Å². The Balaban J connectivity index is 0.000000275. The zero-order chi connectivity index (χ0) is 103. The van der Waals surface area contributed by atoms with E-state index in [9.17, 15) is 73.3 Å². The number of thiocarbonyl (C=S) groups is 1. The maximum absolute atomic E-state index is 14.5. The summed E-state index contributed by atoms with van der Waals surface area (Å²) in [5, 5.41) is 27.5. The van der Waals surface area contributed by atoms with E-state index >= 15 is 0 Å². The molecule has 0 radical (unpaired) electrons. The van der Waals surface area contributed by atoms with Gasteiger partial charge in [0.25, 0.3) is 0 Å². The second-order valence-electron chi connectivity index (χ2n) is 34.0. The molecule has 0 saturated heterocycles. The van der Waals surface area contributed by atoms with Crippen molar-refractivity contribution >= 4 is 76.1 Å². The smallest absolute Gasteiger partial charge is 0.735 e. The van der Waals surface area contributed by atoms with Gasteiger partial charge in [0, 0.05) is 236 Å². The molecule has 0 atom stereocenters. The Labute approximate surface area is 917 Å². The van der Waals surface area contributed by atoms with Gasteiger partial charge in [-0.15, -0.1) is 64.9 Å². The zero-order valence-electron chi connectivity index (χ0n) is 79.3. The molecule has 15 rings (SSSR count). The number of ether oxygens (including phenoxy) is 2. The topological polar surface area (TPSA) is 309 Å². The van der Waals surface area contributed by atoms with E-state index in [0.717, 1.165) is 72.0 Å². The minimum atomic E-state index is -1.20. The third-order valence-corrected chi connectivity index (χ3v) is 22.5. The number of carbonyl (C=O) groups excluding carboxylic acids is 1. The zero-order valence-corrected chi connectivity index (χ0v) is 93.1. The molecule has 0 amide bonds. The van der Waals surface area contributed by atoms with Crippen LogP contribution in [0.4, 0.5) is 55.3 Å². The van der Waals surface area contributed by atoms with Gasteiger partial charge in [0.05, 0.1) is 58.9 Å². The second kappa shape index (κ2) is 51.9. The first-order chi connectivity index (χ1) is 65.9. The molecule has 10 heterocycles. The molecule has 0 unspecified atom stereocenters. The van der Waals surface area contributed by atoms with Crippen LogP contribution < -0.4 is 19.3 Å². The fourth-order valence-electron chi connectivity index (χ4n) is 13.6. The van der Waals surface area contributed by atoms with Gasteiger partial charge in [-0.25, -0.2) is 39.3 Å². The van der Waals surface area contributed by atoms with Crippen LogP contribution in [0.25, 0.3) is 56.3 Å². The first-order valence-corrected chi connectivity index (χ1v) is 43.2. The van der Waals surface area contributed by atoms with E-state index in [1.54, 1.807) is 111 Å². The van der Waals surface area contributed by atoms with E-state index in [1.807, 2.05) is 98.9 Å². The summed E-state index contributed by atoms with van der Waals surface area (Å²) in [5.74, 6) is -9.72. The van der Waals surface area contributed by atoms with Crippen molar-refractivity contribution in [2.24, 2.45) is 0 Å². The van der Waals surface area contributed by atoms with Crippen LogP contribution in [0.3, 0.4) is 0 Å². The summed E-state index contributed by atoms with van der Waals surface area (Å²) < 4.78 is 148. The van der Waals surface area contributed by atoms with Crippen LogP contribution in [-0.2, 0) is 158 Å². The fourth-order valence-corrected chi connectivity index (χ4v) is 13.9. The van der Waals surface area contributed by atoms with E-state index in [0.29, 0.717) is 84.0 Å². The molecule has 0 aliphatic carbocycles. The number of methoxy groups -OCH3 is 2. The van der Waals surface area contributed by atoms with Crippen molar-refractivity contribution in [3.8, 4) is 67.8 Å². The van der Waals surface area contributed by atoms with Gasteiger partial charge in [-0.1, -0.05) is 107 Å². The molecular formula is C104H85F10N14O9Pt5S3-3. The van der Waals surface area contributed by atoms with Crippen LogP contribution in [0.2, 0.25) is 0 Å². The second-order valence-corrected chi connectivity index (χ2v) is 35.5. The number of hydrogen-bond acceptors (Lipinski definition) is 23. The molecular weight excluding hydrogens is 2850 g/mol. The molecule has 0 aliphatic rings. The van der Waals surface area contributed by atoms with E-state index in [-0.39, 0.29) is 179 Å². The molecule has 0 aliphatic heterocycles. The average molecular weight is 2940 g/mol. The van der Waals surface area contributed by atoms with Gasteiger partial charge < -0.3 is 91.8 Å². The van der Waals surface area contributed by atoms with Gasteiger partial charge in [-0.2, -0.15) is 0 Å². The summed E-state index contributed by atoms with van der Waals surface area (Å²) in [4.78, 5) is 102. The summed E-state index contributed by atoms with van der Waals surface area (Å²) in [7, 11) is 10.2. The quantitative estimate of drug-likeness (QED) is 0.0219. The molecule has 15 aromatic rings. The molecule has 5 aromatic carbocycles. The van der Waals surface area contributed by atoms with Crippen LogP contribution in [0.15, 0.2) is 207 Å². The van der Waals surface area contributed by atoms with Gasteiger partial charge >= 0.3 is 60.0 Å². The number of pyridine rings is 8. The molecule has 766 valence electrons. The third kappa shape index (κ3) is 29.9. The van der Waals surface area contributed by atoms with Crippen LogP contribution in [-0.4, -0.2) is 145 Å². The van der Waals surface area contributed by atoms with Crippen molar-refractivity contribution in [3.63, 3.8) is 0 Å². The van der Waals surface area contributed by atoms with Crippen LogP contribution in [0, 0.1) is 88.5 Å². The molecule has 145 heavy (non-hydrogen) atoms. The number of rotatable bonds is 24. The van der Waals surface area contributed by atoms with E-state index < -0.39 is 108 Å². The van der Waals surface area contributed by atoms with Crippen LogP contribution in [0.5, 0.6) is 11.5 Å². The Morgan fingerprint density at radius 2 is 0.614 bits per heavy atom. The van der Waals surface area contributed by atoms with Crippen molar-refractivity contribution in [1.29, 1.82) is 0 Å². The molecule has 41 heteroatoms. The Bertz CT molecular complexity index is 6880. The number of carboxylic acid groups (broad SMARTS) is 3. The number of benzene rings is 5. The van der Waals surface area contributed by atoms with Gasteiger partial charge in [-0.05, 0) is 164 Å². The van der Waals surface area contributed by atoms with Crippen molar-refractivity contribution in [2.75, 3.05) is 52.2 Å². The first kappa shape index (κ1) is 122. The minimum absolute atomic E-state index is 0. The Morgan fingerprint density at radius 1 is 0.324 bits per heavy atom. The number of carbonyl (C=O) groups is 4. The standard InChI is InChI=1S/C24H25F2N4O2.C22H19F2N2O4.C20H15F2N2OS.C20H15F2N2S2.C18H13F2N4O2.5Pt/c1-24(2,22-13-16(30(5)6)11-20(28-22)23(31)32)21-12-15(29(3)4)10-19(27-21)17-8-7-14(25)9-18(17)26;1-22(2,20-11-14(30-4)9-18(26-20)21(27)28)19-10-13(29-3)8-17(25-19)15-6-5-12(23)7-16(15)24;2*1-20(2,18-8-4-6-16(24-18)19(25)26)17-7-3-5-15(23-17)13-10-9-12(21)11-14(13)22;1-18(2,17-22-8-6-14(24-17)15(25)26)16-21-7-5-13(23-16)11-4-3-10(19)9-12(11)20;;;;;/h7,9-13H,1-6H3,(H,31,32);5,7-11H,1-4H3,(H,27,28);2*3-9,11H,1-2H3,(H,25,26);3,5-9H,1-2H3,(H,25,26);;;;;/q5*-1;;;;2*+2/p-2. The van der Waals surface area contributed by atoms with Gasteiger partial charge in [0.1, 0.15) is 23.1 Å². The minimum Gasteiger partial charge on any atom is -0.735 e. The van der Waals surface area contributed by atoms with Crippen molar-refractivity contribution < 1.29 is 193 Å². The molecule has 0 saturated carbocycles. The number of carboxylic acids is 3. The molecule has 23 nitrogen and oxygen atoms in total. The third-order valence-electron chi connectivity index (χ3n) is 21.9. The van der Waals surface area contributed by atoms with Gasteiger partial charge in [0.15, 0.2) is 17.1 Å². The number of aromatic carboxylic acids is 3. The van der Waals surface area contributed by atoms with E-state index in [1.165, 1.54) is 56.9 Å². The maximum Gasteiger partial charge on any atom is 2.00 e. The van der Waals surface area contributed by atoms with Crippen LogP contribution in [0.1, 0.15) is 174 Å². The number of hydrogen-bond donors (Lipinski definition) is 3. The molecule has 10 aromatic heterocycles. The Hall–Kier alpha value is -12.0. The predicted molar refractivity (Wildman–Crippen MR) is 513 cm³/mol. The largest absolute Gasteiger partial charge is 2.00 e. The van der Waals surface area contributed by atoms with Crippen LogP contribution >= 0.6 is 12.2 Å². The van der Waals surface area contributed by atoms with Gasteiger partial charge in [0.2, 0.25) is 0 Å². The number of anilines is 2. The average Bonchev–Trinajstić information content (AvgIpc) is 0.798. The molecule has 0 spiro atoms. The summed E-state index contributed by atoms with van der Waals surface area (Å²) in [6.45, 7) is 18.5. The Kier molecular flexibility index (Phi) is 43.5. The maximum atomic E-state index is 14.5. The number of aromatic nitrogens is 12. The van der Waals surface area contributed by atoms with Gasteiger partial charge in [-0.3, -0.25) is 63.8 Å². The van der Waals surface area contributed by atoms with E-state index in [4.69, 9.17) is 39.4 Å². The predicted octanol–water partition coefficient (Wildman–Crippen LogP) is 20.7. The summed E-state index contributed by atoms with van der Waals surface area (Å²) >= 11 is 14.7. The fraction of sp³-hybridized carbons (Fsp3) is 0.202. The Morgan fingerprint density at radius 3 is 0.986 bits per heavy atom. The number of halogens is 10. The monoisotopic (exact) mass is 2930 g/mol. The molecule has 0 fully saturated rings. The summed E-state index contributed by atoms with van der Waals surface area (Å²) in [6.07, 6.45) is 2.77. The SMILES string of the molecule is CC(C)(c1cccc(C(=O)[S-])n1)c1cccc(-c2[c-]cc(F)cc2F)n1.CC(C)(c1cccc(C(=S)[S-])n1)c1cccc(-c2[c-]cc(F)cc2F)n1.CC(C)(c1nccc(C(=O)O)n1)c1nccc(-c2[c-]cc(F)cc2F)n1.CN(C)c1cc(C(=O)O)nc(C(C)(C)c2cc(N(C)C)cc(-c3[c-]cc(F)cc3F)n2)c1.COc1cc(C(=O)O)nc(C(C)(C)c2cc(OC)cc(-c3[c-]cc(F)cc3F)n2)c1.[Pt+2].[Pt+2].[Pt].[Pt].[Pt]. The first-order valence-electron chi connectivity index (χ1n) is 42.0. The summed E-state index contributed by atoms with van der Waals surface area (Å²) in [5.41, 5.74) is 4.07. The molecule has 0 bridgehead atoms. The normalized spacial score (nSPS) is 11.0. The van der Waals surface area contributed by atoms with Crippen molar-refractivity contribution in [3.05, 3.63) is 381 Å². The summed E-state index contributed by atoms with van der Waals surface area (Å²) in [6, 6.07) is 58.7. The molecule has 3 N–H and O–H groups in total. The van der Waals surface area contributed by atoms with Crippen molar-refractivity contribution in [1.82, 2.24) is 59.8 Å².